The molecule has 2 N–H and O–H groups in total. The minimum Gasteiger partial charge on any atom is -0.444 e. The van der Waals surface area contributed by atoms with Crippen molar-refractivity contribution in [3.8, 4) is 12.3 Å². The van der Waals surface area contributed by atoms with Crippen LogP contribution in [0.25, 0.3) is 0 Å². The Kier molecular flexibility index (Phi) is 11.6. The topological polar surface area (TPSA) is 87.7 Å². The lowest BCUT2D eigenvalue weighted by Gasteiger charge is -2.38. The maximum absolute atomic E-state index is 14.3. The SMILES string of the molecule is C#Cc1ccccc1C(C(=O)NC(C)CCC)N(C(=O)C(Cc1ccccc1)NC(=O)OC(C)(C)C)C(C)C. The fourth-order valence-electron chi connectivity index (χ4n) is 4.47. The van der Waals surface area contributed by atoms with Crippen LogP contribution in [0.4, 0.5) is 4.79 Å². The molecule has 2 aromatic rings. The standard InChI is InChI=1S/C32H43N3O4/c1-9-16-23(5)33-29(36)28(26-20-15-14-19-25(26)10-2)35(22(3)4)30(37)27(21-24-17-12-11-13-18-24)34-31(38)39-32(6,7)8/h2,11-15,17-20,22-23,27-28H,9,16,21H2,1,3-8H3,(H,33,36)(H,34,38). The summed E-state index contributed by atoms with van der Waals surface area (Å²) in [5.74, 6) is 1.93. The molecule has 0 bridgehead atoms. The smallest absolute Gasteiger partial charge is 0.408 e. The first-order valence-electron chi connectivity index (χ1n) is 13.6. The van der Waals surface area contributed by atoms with Crippen molar-refractivity contribution in [2.45, 2.75) is 97.5 Å². The Labute approximate surface area is 233 Å². The zero-order valence-electron chi connectivity index (χ0n) is 24.3. The predicted octanol–water partition coefficient (Wildman–Crippen LogP) is 5.39. The molecular formula is C32H43N3O4. The number of hydrogen-bond donors (Lipinski definition) is 2. The first kappa shape index (κ1) is 31.4. The Hall–Kier alpha value is -3.79. The van der Waals surface area contributed by atoms with Crippen LogP contribution in [-0.2, 0) is 20.7 Å². The van der Waals surface area contributed by atoms with Gasteiger partial charge in [0.05, 0.1) is 0 Å². The molecular weight excluding hydrogens is 490 g/mol. The molecule has 7 nitrogen and oxygen atoms in total. The number of nitrogens with zero attached hydrogens (tertiary/aromatic N) is 1. The van der Waals surface area contributed by atoms with Gasteiger partial charge < -0.3 is 20.3 Å². The van der Waals surface area contributed by atoms with Gasteiger partial charge >= 0.3 is 6.09 Å². The van der Waals surface area contributed by atoms with Crippen molar-refractivity contribution in [2.75, 3.05) is 0 Å². The molecule has 2 aromatic carbocycles. The van der Waals surface area contributed by atoms with Gasteiger partial charge in [-0.1, -0.05) is 67.8 Å². The average Bonchev–Trinajstić information content (AvgIpc) is 2.85. The molecule has 0 heterocycles. The molecule has 3 amide bonds. The van der Waals surface area contributed by atoms with Crippen LogP contribution in [0, 0.1) is 12.3 Å². The highest BCUT2D eigenvalue weighted by Gasteiger charge is 2.39. The van der Waals surface area contributed by atoms with Gasteiger partial charge in [-0.3, -0.25) is 9.59 Å². The normalized spacial score (nSPS) is 13.5. The summed E-state index contributed by atoms with van der Waals surface area (Å²) in [6, 6.07) is 14.1. The van der Waals surface area contributed by atoms with Crippen LogP contribution in [-0.4, -0.2) is 46.5 Å². The molecule has 0 spiro atoms. The van der Waals surface area contributed by atoms with E-state index >= 15 is 0 Å². The number of alkyl carbamates (subject to hydrolysis) is 1. The quantitative estimate of drug-likeness (QED) is 0.379. The first-order chi connectivity index (χ1) is 18.4. The van der Waals surface area contributed by atoms with Crippen LogP contribution in [0.3, 0.4) is 0 Å². The average molecular weight is 534 g/mol. The molecule has 7 heteroatoms. The van der Waals surface area contributed by atoms with Gasteiger partial charge in [0.25, 0.3) is 0 Å². The summed E-state index contributed by atoms with van der Waals surface area (Å²) in [5, 5.41) is 5.84. The number of amides is 3. The van der Waals surface area contributed by atoms with E-state index in [4.69, 9.17) is 11.2 Å². The minimum atomic E-state index is -0.997. The summed E-state index contributed by atoms with van der Waals surface area (Å²) in [5.41, 5.74) is 1.20. The van der Waals surface area contributed by atoms with E-state index in [9.17, 15) is 14.4 Å². The number of ether oxygens (including phenoxy) is 1. The summed E-state index contributed by atoms with van der Waals surface area (Å²) in [6.45, 7) is 13.0. The summed E-state index contributed by atoms with van der Waals surface area (Å²) in [6.07, 6.45) is 7.03. The third-order valence-electron chi connectivity index (χ3n) is 6.13. The van der Waals surface area contributed by atoms with Crippen LogP contribution in [0.5, 0.6) is 0 Å². The largest absolute Gasteiger partial charge is 0.444 e. The number of nitrogens with one attached hydrogen (secondary N) is 2. The third-order valence-corrected chi connectivity index (χ3v) is 6.13. The van der Waals surface area contributed by atoms with Crippen molar-refractivity contribution in [2.24, 2.45) is 0 Å². The maximum atomic E-state index is 14.3. The van der Waals surface area contributed by atoms with Gasteiger partial charge in [-0.15, -0.1) is 6.42 Å². The van der Waals surface area contributed by atoms with Crippen LogP contribution >= 0.6 is 0 Å². The molecule has 0 radical (unpaired) electrons. The van der Waals surface area contributed by atoms with Gasteiger partial charge in [-0.2, -0.15) is 0 Å². The molecule has 3 atom stereocenters. The maximum Gasteiger partial charge on any atom is 0.408 e. The molecule has 0 saturated heterocycles. The van der Waals surface area contributed by atoms with Gasteiger partial charge in [0.15, 0.2) is 0 Å². The second kappa shape index (κ2) is 14.4. The second-order valence-corrected chi connectivity index (χ2v) is 11.1. The van der Waals surface area contributed by atoms with Crippen molar-refractivity contribution in [1.29, 1.82) is 0 Å². The monoisotopic (exact) mass is 533 g/mol. The Morgan fingerprint density at radius 2 is 1.59 bits per heavy atom. The Morgan fingerprint density at radius 1 is 0.974 bits per heavy atom. The second-order valence-electron chi connectivity index (χ2n) is 11.1. The molecule has 39 heavy (non-hydrogen) atoms. The van der Waals surface area contributed by atoms with Gasteiger partial charge in [-0.05, 0) is 65.2 Å². The molecule has 210 valence electrons. The predicted molar refractivity (Wildman–Crippen MR) is 155 cm³/mol. The van der Waals surface area contributed by atoms with Gasteiger partial charge in [0.1, 0.15) is 17.7 Å². The molecule has 2 rings (SSSR count). The van der Waals surface area contributed by atoms with Gasteiger partial charge in [0.2, 0.25) is 11.8 Å². The summed E-state index contributed by atoms with van der Waals surface area (Å²) in [7, 11) is 0. The number of terminal acetylenes is 1. The molecule has 0 aliphatic rings. The third kappa shape index (κ3) is 9.47. The van der Waals surface area contributed by atoms with E-state index in [0.29, 0.717) is 11.1 Å². The Morgan fingerprint density at radius 3 is 2.15 bits per heavy atom. The molecule has 3 unspecified atom stereocenters. The molecule has 0 fully saturated rings. The zero-order chi connectivity index (χ0) is 29.2. The Balaban J connectivity index is 2.59. The van der Waals surface area contributed by atoms with Crippen molar-refractivity contribution >= 4 is 17.9 Å². The summed E-state index contributed by atoms with van der Waals surface area (Å²) in [4.78, 5) is 42.6. The van der Waals surface area contributed by atoms with Crippen LogP contribution in [0.15, 0.2) is 54.6 Å². The molecule has 0 saturated carbocycles. The van der Waals surface area contributed by atoms with E-state index in [1.165, 1.54) is 4.90 Å². The molecule has 0 aromatic heterocycles. The van der Waals surface area contributed by atoms with Crippen LogP contribution in [0.2, 0.25) is 0 Å². The summed E-state index contributed by atoms with van der Waals surface area (Å²) < 4.78 is 5.48. The van der Waals surface area contributed by atoms with E-state index in [0.717, 1.165) is 18.4 Å². The molecule has 0 aliphatic carbocycles. The van der Waals surface area contributed by atoms with Crippen molar-refractivity contribution in [3.05, 3.63) is 71.3 Å². The number of hydrogen-bond acceptors (Lipinski definition) is 4. The highest BCUT2D eigenvalue weighted by atomic mass is 16.6. The van der Waals surface area contributed by atoms with Gasteiger partial charge in [0, 0.05) is 24.1 Å². The van der Waals surface area contributed by atoms with Crippen molar-refractivity contribution in [1.82, 2.24) is 15.5 Å². The van der Waals surface area contributed by atoms with Crippen LogP contribution < -0.4 is 10.6 Å². The van der Waals surface area contributed by atoms with Crippen molar-refractivity contribution < 1.29 is 19.1 Å². The fourth-order valence-corrected chi connectivity index (χ4v) is 4.47. The zero-order valence-corrected chi connectivity index (χ0v) is 24.3. The lowest BCUT2D eigenvalue weighted by molar-refractivity contribution is -0.144. The van der Waals surface area contributed by atoms with E-state index in [2.05, 4.69) is 16.6 Å². The Bertz CT molecular complexity index is 1150. The lowest BCUT2D eigenvalue weighted by Crippen LogP contribution is -2.56. The lowest BCUT2D eigenvalue weighted by atomic mass is 9.95. The molecule has 0 aliphatic heterocycles. The number of carbonyl (C=O) groups excluding carboxylic acids is 3. The highest BCUT2D eigenvalue weighted by molar-refractivity contribution is 5.93. The van der Waals surface area contributed by atoms with E-state index in [-0.39, 0.29) is 24.4 Å². The van der Waals surface area contributed by atoms with Crippen molar-refractivity contribution in [3.63, 3.8) is 0 Å². The van der Waals surface area contributed by atoms with Crippen LogP contribution in [0.1, 0.15) is 84.0 Å². The fraction of sp³-hybridized carbons (Fsp3) is 0.469. The highest BCUT2D eigenvalue weighted by Crippen LogP contribution is 2.28. The summed E-state index contributed by atoms with van der Waals surface area (Å²) >= 11 is 0. The first-order valence-corrected chi connectivity index (χ1v) is 13.6. The number of carbonyl (C=O) groups is 3. The van der Waals surface area contributed by atoms with E-state index < -0.39 is 29.7 Å². The minimum absolute atomic E-state index is 0.0906. The number of benzene rings is 2. The van der Waals surface area contributed by atoms with Gasteiger partial charge in [-0.25, -0.2) is 4.79 Å². The van der Waals surface area contributed by atoms with E-state index in [1.54, 1.807) is 45.0 Å². The van der Waals surface area contributed by atoms with E-state index in [1.807, 2.05) is 58.0 Å². The number of rotatable bonds is 11.